The first-order valence-corrected chi connectivity index (χ1v) is 9.03. The van der Waals surface area contributed by atoms with Crippen molar-refractivity contribution in [3.8, 4) is 5.75 Å². The molecule has 0 amide bonds. The third-order valence-electron chi connectivity index (χ3n) is 3.51. The van der Waals surface area contributed by atoms with Crippen LogP contribution in [0.2, 0.25) is 0 Å². The Bertz CT molecular complexity index is 540. The Labute approximate surface area is 121 Å². The number of ether oxygens (including phenoxy) is 1. The van der Waals surface area contributed by atoms with Gasteiger partial charge in [-0.15, -0.1) is 0 Å². The van der Waals surface area contributed by atoms with Crippen LogP contribution in [0.1, 0.15) is 31.7 Å². The van der Waals surface area contributed by atoms with Crippen LogP contribution >= 0.6 is 0 Å². The lowest BCUT2D eigenvalue weighted by atomic mass is 10.1. The molecule has 0 saturated carbocycles. The molecule has 1 fully saturated rings. The molecule has 1 aliphatic heterocycles. The molecule has 0 unspecified atom stereocenters. The molecule has 20 heavy (non-hydrogen) atoms. The number of nitrogens with one attached hydrogen (secondary N) is 1. The average molecular weight is 297 g/mol. The molecule has 0 radical (unpaired) electrons. The molecule has 0 spiro atoms. The summed E-state index contributed by atoms with van der Waals surface area (Å²) in [5.74, 6) is 1.42. The van der Waals surface area contributed by atoms with Crippen molar-refractivity contribution in [2.45, 2.75) is 39.2 Å². The number of hydrogen-bond donors (Lipinski definition) is 1. The van der Waals surface area contributed by atoms with Gasteiger partial charge in [0, 0.05) is 6.04 Å². The van der Waals surface area contributed by atoms with Crippen LogP contribution in [0.3, 0.4) is 0 Å². The molecular weight excluding hydrogens is 274 g/mol. The second kappa shape index (κ2) is 6.48. The zero-order valence-corrected chi connectivity index (χ0v) is 13.0. The molecule has 0 aliphatic carbocycles. The van der Waals surface area contributed by atoms with Crippen molar-refractivity contribution in [3.05, 3.63) is 23.8 Å². The van der Waals surface area contributed by atoms with Crippen LogP contribution in [-0.4, -0.2) is 32.6 Å². The highest BCUT2D eigenvalue weighted by atomic mass is 32.2. The van der Waals surface area contributed by atoms with E-state index in [9.17, 15) is 8.42 Å². The number of rotatable bonds is 5. The summed E-state index contributed by atoms with van der Waals surface area (Å²) in [6.07, 6.45) is 2.31. The molecule has 0 atom stereocenters. The van der Waals surface area contributed by atoms with E-state index in [-0.39, 0.29) is 17.5 Å². The minimum atomic E-state index is -2.81. The van der Waals surface area contributed by atoms with Crippen LogP contribution in [0.25, 0.3) is 0 Å². The summed E-state index contributed by atoms with van der Waals surface area (Å²) >= 11 is 0. The third-order valence-corrected chi connectivity index (χ3v) is 5.23. The van der Waals surface area contributed by atoms with Crippen molar-refractivity contribution in [1.82, 2.24) is 0 Å². The van der Waals surface area contributed by atoms with Gasteiger partial charge in [-0.05, 0) is 43.9 Å². The van der Waals surface area contributed by atoms with Crippen LogP contribution < -0.4 is 10.1 Å². The Kier molecular flexibility index (Phi) is 4.91. The fourth-order valence-corrected chi connectivity index (χ4v) is 3.83. The van der Waals surface area contributed by atoms with E-state index in [1.165, 1.54) is 0 Å². The van der Waals surface area contributed by atoms with E-state index in [1.54, 1.807) is 0 Å². The van der Waals surface area contributed by atoms with Gasteiger partial charge >= 0.3 is 0 Å². The smallest absolute Gasteiger partial charge is 0.150 e. The van der Waals surface area contributed by atoms with Gasteiger partial charge in [-0.1, -0.05) is 13.0 Å². The van der Waals surface area contributed by atoms with Gasteiger partial charge < -0.3 is 10.1 Å². The van der Waals surface area contributed by atoms with E-state index >= 15 is 0 Å². The Morgan fingerprint density at radius 3 is 2.65 bits per heavy atom. The molecule has 1 aliphatic rings. The molecule has 0 aromatic heterocycles. The maximum atomic E-state index is 11.4. The first-order valence-electron chi connectivity index (χ1n) is 7.20. The minimum absolute atomic E-state index is 0.213. The second-order valence-electron chi connectivity index (χ2n) is 5.42. The summed E-state index contributed by atoms with van der Waals surface area (Å²) < 4.78 is 28.7. The van der Waals surface area contributed by atoms with Gasteiger partial charge in [0.25, 0.3) is 0 Å². The van der Waals surface area contributed by atoms with Gasteiger partial charge in [0.15, 0.2) is 0 Å². The Morgan fingerprint density at radius 2 is 2.00 bits per heavy atom. The summed E-state index contributed by atoms with van der Waals surface area (Å²) in [6, 6.07) is 6.30. The molecule has 1 saturated heterocycles. The number of anilines is 1. The first-order chi connectivity index (χ1) is 9.50. The highest BCUT2D eigenvalue weighted by Crippen LogP contribution is 2.28. The SMILES string of the molecule is CCCOc1cc(C)ccc1NC1CCS(=O)(=O)CC1. The van der Waals surface area contributed by atoms with E-state index < -0.39 is 9.84 Å². The molecule has 1 aromatic rings. The second-order valence-corrected chi connectivity index (χ2v) is 7.72. The van der Waals surface area contributed by atoms with Crippen molar-refractivity contribution in [3.63, 3.8) is 0 Å². The molecule has 2 rings (SSSR count). The molecule has 112 valence electrons. The first kappa shape index (κ1) is 15.2. The van der Waals surface area contributed by atoms with Crippen molar-refractivity contribution >= 4 is 15.5 Å². The molecular formula is C15H23NO3S. The average Bonchev–Trinajstić information content (AvgIpc) is 2.41. The lowest BCUT2D eigenvalue weighted by Gasteiger charge is -2.25. The van der Waals surface area contributed by atoms with E-state index in [1.807, 2.05) is 25.1 Å². The van der Waals surface area contributed by atoms with Crippen molar-refractivity contribution < 1.29 is 13.2 Å². The topological polar surface area (TPSA) is 55.4 Å². The number of benzene rings is 1. The molecule has 4 nitrogen and oxygen atoms in total. The number of aryl methyl sites for hydroxylation is 1. The summed E-state index contributed by atoms with van der Waals surface area (Å²) in [7, 11) is -2.81. The maximum absolute atomic E-state index is 11.4. The van der Waals surface area contributed by atoms with Crippen molar-refractivity contribution in [2.24, 2.45) is 0 Å². The van der Waals surface area contributed by atoms with E-state index in [0.29, 0.717) is 19.4 Å². The van der Waals surface area contributed by atoms with Gasteiger partial charge in [-0.2, -0.15) is 0 Å². The van der Waals surface area contributed by atoms with Gasteiger partial charge in [0.1, 0.15) is 15.6 Å². The summed E-state index contributed by atoms with van der Waals surface area (Å²) in [4.78, 5) is 0. The summed E-state index contributed by atoms with van der Waals surface area (Å²) in [5.41, 5.74) is 2.13. The zero-order chi connectivity index (χ0) is 14.6. The van der Waals surface area contributed by atoms with E-state index in [4.69, 9.17) is 4.74 Å². The lowest BCUT2D eigenvalue weighted by Crippen LogP contribution is -2.32. The van der Waals surface area contributed by atoms with Crippen molar-refractivity contribution in [1.29, 1.82) is 0 Å². The van der Waals surface area contributed by atoms with Gasteiger partial charge in [0.05, 0.1) is 23.8 Å². The van der Waals surface area contributed by atoms with Crippen LogP contribution in [0.15, 0.2) is 18.2 Å². The monoisotopic (exact) mass is 297 g/mol. The molecule has 1 heterocycles. The predicted molar refractivity (Wildman–Crippen MR) is 82.3 cm³/mol. The summed E-state index contributed by atoms with van der Waals surface area (Å²) in [5, 5.41) is 3.43. The lowest BCUT2D eigenvalue weighted by molar-refractivity contribution is 0.318. The standard InChI is InChI=1S/C15H23NO3S/c1-3-8-19-15-11-12(2)4-5-14(15)16-13-6-9-20(17,18)10-7-13/h4-5,11,13,16H,3,6-10H2,1-2H3. The van der Waals surface area contributed by atoms with Crippen LogP contribution in [0, 0.1) is 6.92 Å². The third kappa shape index (κ3) is 4.13. The molecule has 0 bridgehead atoms. The highest BCUT2D eigenvalue weighted by molar-refractivity contribution is 7.91. The molecule has 1 aromatic carbocycles. The fourth-order valence-electron chi connectivity index (χ4n) is 2.33. The maximum Gasteiger partial charge on any atom is 0.150 e. The Hall–Kier alpha value is -1.23. The minimum Gasteiger partial charge on any atom is -0.491 e. The fraction of sp³-hybridized carbons (Fsp3) is 0.600. The summed E-state index contributed by atoms with van der Waals surface area (Å²) in [6.45, 7) is 4.81. The number of sulfone groups is 1. The van der Waals surface area contributed by atoms with E-state index in [0.717, 1.165) is 23.4 Å². The number of hydrogen-bond acceptors (Lipinski definition) is 4. The quantitative estimate of drug-likeness (QED) is 0.908. The Balaban J connectivity index is 2.05. The molecule has 5 heteroatoms. The Morgan fingerprint density at radius 1 is 1.30 bits per heavy atom. The normalized spacial score (nSPS) is 18.7. The van der Waals surface area contributed by atoms with Gasteiger partial charge in [0.2, 0.25) is 0 Å². The molecule has 1 N–H and O–H groups in total. The van der Waals surface area contributed by atoms with Crippen LogP contribution in [-0.2, 0) is 9.84 Å². The largest absolute Gasteiger partial charge is 0.491 e. The van der Waals surface area contributed by atoms with Crippen LogP contribution in [0.5, 0.6) is 5.75 Å². The van der Waals surface area contributed by atoms with Crippen molar-refractivity contribution in [2.75, 3.05) is 23.4 Å². The highest BCUT2D eigenvalue weighted by Gasteiger charge is 2.24. The zero-order valence-electron chi connectivity index (χ0n) is 12.2. The predicted octanol–water partition coefficient (Wildman–Crippen LogP) is 2.77. The van der Waals surface area contributed by atoms with Crippen LogP contribution in [0.4, 0.5) is 5.69 Å². The van der Waals surface area contributed by atoms with Gasteiger partial charge in [-0.3, -0.25) is 0 Å². The van der Waals surface area contributed by atoms with Gasteiger partial charge in [-0.25, -0.2) is 8.42 Å². The van der Waals surface area contributed by atoms with E-state index in [2.05, 4.69) is 12.2 Å².